The van der Waals surface area contributed by atoms with Crippen molar-refractivity contribution < 1.29 is 19.1 Å². The van der Waals surface area contributed by atoms with Crippen molar-refractivity contribution in [1.82, 2.24) is 9.88 Å². The quantitative estimate of drug-likeness (QED) is 0.366. The summed E-state index contributed by atoms with van der Waals surface area (Å²) in [5.41, 5.74) is 6.02. The minimum absolute atomic E-state index is 0.187. The molecule has 3 aromatic rings. The molecule has 1 amide bonds. The molecule has 1 fully saturated rings. The van der Waals surface area contributed by atoms with Gasteiger partial charge in [-0.15, -0.1) is 0 Å². The number of carbonyl (C=O) groups excluding carboxylic acids is 2. The molecular formula is C27H27N3O4S. The Kier molecular flexibility index (Phi) is 7.12. The van der Waals surface area contributed by atoms with Crippen molar-refractivity contribution in [2.45, 2.75) is 27.7 Å². The maximum absolute atomic E-state index is 12.6. The molecule has 1 aromatic heterocycles. The highest BCUT2D eigenvalue weighted by Crippen LogP contribution is 2.31. The number of nitrogens with zero attached hydrogens (tertiary/aromatic N) is 2. The maximum Gasteiger partial charge on any atom is 0.337 e. The van der Waals surface area contributed by atoms with E-state index in [1.165, 1.54) is 18.9 Å². The molecule has 1 N–H and O–H groups in total. The third-order valence-corrected chi connectivity index (χ3v) is 6.57. The summed E-state index contributed by atoms with van der Waals surface area (Å²) in [5.74, 6) is 0.214. The van der Waals surface area contributed by atoms with Gasteiger partial charge in [0.2, 0.25) is 0 Å². The Hall–Kier alpha value is -3.78. The van der Waals surface area contributed by atoms with Gasteiger partial charge in [0.15, 0.2) is 5.17 Å². The number of rotatable bonds is 6. The lowest BCUT2D eigenvalue weighted by Crippen LogP contribution is -2.19. The van der Waals surface area contributed by atoms with E-state index in [-0.39, 0.29) is 11.9 Å². The molecule has 7 nitrogen and oxygen atoms in total. The van der Waals surface area contributed by atoms with Crippen molar-refractivity contribution in [3.8, 4) is 11.4 Å². The molecule has 35 heavy (non-hydrogen) atoms. The van der Waals surface area contributed by atoms with Gasteiger partial charge in [-0.2, -0.15) is 0 Å². The van der Waals surface area contributed by atoms with E-state index in [2.05, 4.69) is 14.9 Å². The number of aryl methyl sites for hydroxylation is 2. The summed E-state index contributed by atoms with van der Waals surface area (Å²) in [5, 5.41) is 3.37. The molecular weight excluding hydrogens is 462 g/mol. The smallest absolute Gasteiger partial charge is 0.337 e. The highest BCUT2D eigenvalue weighted by molar-refractivity contribution is 8.18. The second-order valence-corrected chi connectivity index (χ2v) is 9.09. The van der Waals surface area contributed by atoms with Crippen LogP contribution in [0, 0.1) is 20.8 Å². The van der Waals surface area contributed by atoms with Gasteiger partial charge >= 0.3 is 5.97 Å². The molecule has 4 rings (SSSR count). The molecule has 0 bridgehead atoms. The molecule has 0 unspecified atom stereocenters. The van der Waals surface area contributed by atoms with E-state index in [1.54, 1.807) is 6.07 Å². The maximum atomic E-state index is 12.6. The summed E-state index contributed by atoms with van der Waals surface area (Å²) < 4.78 is 12.4. The fourth-order valence-corrected chi connectivity index (χ4v) is 4.75. The molecule has 2 aromatic carbocycles. The molecule has 1 aliphatic rings. The molecule has 0 saturated carbocycles. The zero-order chi connectivity index (χ0) is 25.1. The Balaban J connectivity index is 1.62. The monoisotopic (exact) mass is 489 g/mol. The number of ether oxygens (including phenoxy) is 2. The van der Waals surface area contributed by atoms with Crippen molar-refractivity contribution >= 4 is 40.6 Å². The highest BCUT2D eigenvalue weighted by atomic mass is 32.2. The number of benzene rings is 2. The number of aromatic nitrogens is 1. The minimum Gasteiger partial charge on any atom is -0.494 e. The average molecular weight is 490 g/mol. The van der Waals surface area contributed by atoms with Crippen LogP contribution in [0.1, 0.15) is 39.8 Å². The summed E-state index contributed by atoms with van der Waals surface area (Å²) >= 11 is 1.30. The molecule has 2 heterocycles. The number of nitrogens with one attached hydrogen (secondary N) is 1. The number of carbonyl (C=O) groups is 2. The van der Waals surface area contributed by atoms with E-state index in [4.69, 9.17) is 9.47 Å². The first kappa shape index (κ1) is 24.3. The van der Waals surface area contributed by atoms with Gasteiger partial charge in [-0.3, -0.25) is 4.79 Å². The number of aliphatic imine (C=N–C) groups is 1. The van der Waals surface area contributed by atoms with Crippen molar-refractivity contribution in [2.24, 2.45) is 4.99 Å². The third kappa shape index (κ3) is 5.17. The number of thioether (sulfide) groups is 1. The normalized spacial score (nSPS) is 15.5. The molecule has 8 heteroatoms. The lowest BCUT2D eigenvalue weighted by Gasteiger charge is -2.14. The van der Waals surface area contributed by atoms with Crippen molar-refractivity contribution in [2.75, 3.05) is 13.7 Å². The van der Waals surface area contributed by atoms with Gasteiger partial charge in [-0.25, -0.2) is 9.79 Å². The van der Waals surface area contributed by atoms with Crippen molar-refractivity contribution in [1.29, 1.82) is 0 Å². The number of esters is 1. The summed E-state index contributed by atoms with van der Waals surface area (Å²) in [4.78, 5) is 29.8. The molecule has 180 valence electrons. The Bertz CT molecular complexity index is 1350. The molecule has 0 atom stereocenters. The second-order valence-electron chi connectivity index (χ2n) is 8.06. The van der Waals surface area contributed by atoms with Crippen LogP contribution in [0.5, 0.6) is 5.75 Å². The summed E-state index contributed by atoms with van der Waals surface area (Å²) in [6, 6.07) is 14.9. The van der Waals surface area contributed by atoms with Gasteiger partial charge in [0.25, 0.3) is 5.91 Å². The number of amidine groups is 1. The van der Waals surface area contributed by atoms with Gasteiger partial charge in [0.1, 0.15) is 5.75 Å². The van der Waals surface area contributed by atoms with Crippen LogP contribution in [-0.2, 0) is 9.53 Å². The van der Waals surface area contributed by atoms with E-state index < -0.39 is 0 Å². The Morgan fingerprint density at radius 1 is 1.11 bits per heavy atom. The summed E-state index contributed by atoms with van der Waals surface area (Å²) in [7, 11) is 1.37. The zero-order valence-corrected chi connectivity index (χ0v) is 21.2. The molecule has 0 radical (unpaired) electrons. The van der Waals surface area contributed by atoms with E-state index in [0.717, 1.165) is 39.6 Å². The number of amides is 1. The summed E-state index contributed by atoms with van der Waals surface area (Å²) in [6.45, 7) is 8.53. The van der Waals surface area contributed by atoms with Crippen LogP contribution in [0.4, 0.5) is 5.69 Å². The summed E-state index contributed by atoms with van der Waals surface area (Å²) in [6.07, 6.45) is 1.87. The molecule has 1 aliphatic heterocycles. The van der Waals surface area contributed by atoms with Crippen LogP contribution in [0.2, 0.25) is 0 Å². The minimum atomic E-state index is -0.380. The third-order valence-electron chi connectivity index (χ3n) is 5.66. The van der Waals surface area contributed by atoms with Gasteiger partial charge in [-0.1, -0.05) is 6.07 Å². The first-order valence-electron chi connectivity index (χ1n) is 11.2. The Morgan fingerprint density at radius 3 is 2.54 bits per heavy atom. The van der Waals surface area contributed by atoms with E-state index in [0.29, 0.717) is 22.2 Å². The van der Waals surface area contributed by atoms with Crippen molar-refractivity contribution in [3.63, 3.8) is 0 Å². The fourth-order valence-electron chi connectivity index (χ4n) is 3.92. The predicted octanol–water partition coefficient (Wildman–Crippen LogP) is 5.48. The fraction of sp³-hybridized carbons (Fsp3) is 0.222. The van der Waals surface area contributed by atoms with Crippen molar-refractivity contribution in [3.05, 3.63) is 81.5 Å². The van der Waals surface area contributed by atoms with Crippen LogP contribution in [0.15, 0.2) is 58.4 Å². The second kappa shape index (κ2) is 10.2. The zero-order valence-electron chi connectivity index (χ0n) is 20.3. The van der Waals surface area contributed by atoms with Gasteiger partial charge in [-0.05, 0) is 99.1 Å². The lowest BCUT2D eigenvalue weighted by molar-refractivity contribution is -0.115. The Morgan fingerprint density at radius 2 is 1.86 bits per heavy atom. The largest absolute Gasteiger partial charge is 0.494 e. The van der Waals surface area contributed by atoms with Gasteiger partial charge < -0.3 is 19.4 Å². The van der Waals surface area contributed by atoms with Crippen LogP contribution >= 0.6 is 11.8 Å². The SMILES string of the molecule is CCOc1ccc(N=C2NC(=O)/C(=C\c3cc(C)n(-c4cc(C(=O)OC)ccc4C)c3C)S2)cc1. The van der Waals surface area contributed by atoms with E-state index >= 15 is 0 Å². The standard InChI is InChI=1S/C27H27N3O4S/c1-6-34-22-11-9-21(10-12-22)28-27-29-25(31)24(35-27)15-20-13-17(3)30(18(20)4)23-14-19(26(32)33-5)8-7-16(23)2/h7-15H,6H2,1-5H3,(H,28,29,31)/b24-15+. The van der Waals surface area contributed by atoms with E-state index in [9.17, 15) is 9.59 Å². The van der Waals surface area contributed by atoms with Gasteiger partial charge in [0, 0.05) is 17.1 Å². The number of methoxy groups -OCH3 is 1. The average Bonchev–Trinajstić information content (AvgIpc) is 3.32. The molecule has 0 spiro atoms. The highest BCUT2D eigenvalue weighted by Gasteiger charge is 2.25. The lowest BCUT2D eigenvalue weighted by atomic mass is 10.1. The molecule has 0 aliphatic carbocycles. The number of hydrogen-bond acceptors (Lipinski definition) is 6. The van der Waals surface area contributed by atoms with Crippen LogP contribution in [0.3, 0.4) is 0 Å². The number of hydrogen-bond donors (Lipinski definition) is 1. The van der Waals surface area contributed by atoms with E-state index in [1.807, 2.05) is 76.2 Å². The first-order valence-corrected chi connectivity index (χ1v) is 12.0. The van der Waals surface area contributed by atoms with Crippen LogP contribution in [0.25, 0.3) is 11.8 Å². The van der Waals surface area contributed by atoms with Crippen LogP contribution in [-0.4, -0.2) is 35.3 Å². The Labute approximate surface area is 208 Å². The van der Waals surface area contributed by atoms with Gasteiger partial charge in [0.05, 0.1) is 29.9 Å². The topological polar surface area (TPSA) is 81.9 Å². The predicted molar refractivity (Wildman–Crippen MR) is 140 cm³/mol. The molecule has 1 saturated heterocycles. The van der Waals surface area contributed by atoms with Crippen LogP contribution < -0.4 is 10.1 Å². The first-order chi connectivity index (χ1) is 16.8.